The predicted octanol–water partition coefficient (Wildman–Crippen LogP) is 4.92. The van der Waals surface area contributed by atoms with Gasteiger partial charge in [-0.1, -0.05) is 26.0 Å². The van der Waals surface area contributed by atoms with Gasteiger partial charge in [0.25, 0.3) is 0 Å². The molecule has 0 amide bonds. The van der Waals surface area contributed by atoms with Crippen molar-refractivity contribution in [2.45, 2.75) is 20.8 Å². The third-order valence-corrected chi connectivity index (χ3v) is 4.13. The summed E-state index contributed by atoms with van der Waals surface area (Å²) in [5.74, 6) is 2.67. The summed E-state index contributed by atoms with van der Waals surface area (Å²) in [4.78, 5) is 0. The van der Waals surface area contributed by atoms with Crippen molar-refractivity contribution >= 4 is 18.4 Å². The second-order valence-electron chi connectivity index (χ2n) is 6.61. The van der Waals surface area contributed by atoms with Crippen molar-refractivity contribution < 1.29 is 9.47 Å². The van der Waals surface area contributed by atoms with Crippen LogP contribution < -0.4 is 9.47 Å². The molecule has 0 aliphatic rings. The molecule has 3 aromatic rings. The van der Waals surface area contributed by atoms with Gasteiger partial charge in [0.15, 0.2) is 5.82 Å². The summed E-state index contributed by atoms with van der Waals surface area (Å²) in [5.41, 5.74) is 1.76. The number of nitrogens with zero attached hydrogens (tertiary/aromatic N) is 3. The lowest BCUT2D eigenvalue weighted by Crippen LogP contribution is -2.04. The number of rotatable bonds is 8. The highest BCUT2D eigenvalue weighted by Gasteiger charge is 2.13. The molecule has 1 heterocycles. The molecule has 0 bridgehead atoms. The highest BCUT2D eigenvalue weighted by Crippen LogP contribution is 2.28. The van der Waals surface area contributed by atoms with Crippen LogP contribution in [-0.2, 0) is 0 Å². The summed E-state index contributed by atoms with van der Waals surface area (Å²) in [5, 5.41) is 11.6. The van der Waals surface area contributed by atoms with Gasteiger partial charge in [-0.3, -0.25) is 0 Å². The van der Waals surface area contributed by atoms with Crippen LogP contribution in [0.3, 0.4) is 0 Å². The molecule has 0 fully saturated rings. The van der Waals surface area contributed by atoms with E-state index in [-0.39, 0.29) is 0 Å². The van der Waals surface area contributed by atoms with Crippen molar-refractivity contribution in [3.8, 4) is 22.9 Å². The van der Waals surface area contributed by atoms with E-state index in [1.54, 1.807) is 10.9 Å². The van der Waals surface area contributed by atoms with Crippen LogP contribution in [0.2, 0.25) is 0 Å². The van der Waals surface area contributed by atoms with Crippen molar-refractivity contribution in [2.75, 3.05) is 13.2 Å². The molecule has 0 saturated heterocycles. The van der Waals surface area contributed by atoms with E-state index in [9.17, 15) is 0 Å². The van der Waals surface area contributed by atoms with E-state index in [2.05, 4.69) is 29.1 Å². The van der Waals surface area contributed by atoms with Crippen molar-refractivity contribution in [3.05, 3.63) is 58.9 Å². The van der Waals surface area contributed by atoms with Crippen LogP contribution in [0.1, 0.15) is 26.3 Å². The van der Waals surface area contributed by atoms with Gasteiger partial charge >= 0.3 is 0 Å². The first-order valence-electron chi connectivity index (χ1n) is 9.25. The topological polar surface area (TPSA) is 64.4 Å². The second kappa shape index (κ2) is 9.32. The minimum Gasteiger partial charge on any atom is -0.493 e. The Kier molecular flexibility index (Phi) is 6.60. The van der Waals surface area contributed by atoms with Gasteiger partial charge in [0.1, 0.15) is 11.5 Å². The zero-order valence-corrected chi connectivity index (χ0v) is 17.1. The smallest absolute Gasteiger partial charge is 0.216 e. The van der Waals surface area contributed by atoms with Gasteiger partial charge in [-0.05, 0) is 67.0 Å². The van der Waals surface area contributed by atoms with Gasteiger partial charge in [0.2, 0.25) is 4.77 Å². The standard InChI is InChI=1S/C21H24N4O2S/c1-4-26-19-8-6-5-7-18(19)20-23-24-21(28)25(20)22-13-16-9-11-17(12-10-16)27-14-15(2)3/h5-13,15H,4,14H2,1-3H3,(H,24,28)/b22-13-. The van der Waals surface area contributed by atoms with Gasteiger partial charge in [-0.2, -0.15) is 14.9 Å². The molecular weight excluding hydrogens is 372 g/mol. The van der Waals surface area contributed by atoms with E-state index < -0.39 is 0 Å². The van der Waals surface area contributed by atoms with Crippen LogP contribution in [0.4, 0.5) is 0 Å². The SMILES string of the molecule is CCOc1ccccc1-c1n[nH]c(=S)n1/N=C\c1ccc(OCC(C)C)cc1. The first-order chi connectivity index (χ1) is 13.6. The minimum absolute atomic E-state index is 0.412. The maximum atomic E-state index is 5.71. The van der Waals surface area contributed by atoms with E-state index in [0.717, 1.165) is 22.6 Å². The Bertz CT molecular complexity index is 990. The number of para-hydroxylation sites is 1. The maximum Gasteiger partial charge on any atom is 0.216 e. The largest absolute Gasteiger partial charge is 0.493 e. The lowest BCUT2D eigenvalue weighted by atomic mass is 10.2. The molecule has 146 valence electrons. The zero-order chi connectivity index (χ0) is 19.9. The van der Waals surface area contributed by atoms with Crippen LogP contribution in [0, 0.1) is 10.7 Å². The van der Waals surface area contributed by atoms with E-state index in [1.165, 1.54) is 0 Å². The van der Waals surface area contributed by atoms with Crippen molar-refractivity contribution in [1.82, 2.24) is 14.9 Å². The average molecular weight is 397 g/mol. The second-order valence-corrected chi connectivity index (χ2v) is 7.00. The molecule has 0 spiro atoms. The van der Waals surface area contributed by atoms with E-state index in [0.29, 0.717) is 29.7 Å². The third kappa shape index (κ3) is 4.86. The summed E-state index contributed by atoms with van der Waals surface area (Å²) >= 11 is 5.35. The van der Waals surface area contributed by atoms with E-state index >= 15 is 0 Å². The number of hydrogen-bond donors (Lipinski definition) is 1. The molecule has 0 radical (unpaired) electrons. The highest BCUT2D eigenvalue weighted by molar-refractivity contribution is 7.71. The van der Waals surface area contributed by atoms with Crippen molar-refractivity contribution in [1.29, 1.82) is 0 Å². The molecule has 2 aromatic carbocycles. The lowest BCUT2D eigenvalue weighted by molar-refractivity contribution is 0.271. The maximum absolute atomic E-state index is 5.71. The monoisotopic (exact) mass is 396 g/mol. The molecule has 3 rings (SSSR count). The number of hydrogen-bond acceptors (Lipinski definition) is 5. The molecule has 0 aliphatic carbocycles. The number of benzene rings is 2. The first-order valence-corrected chi connectivity index (χ1v) is 9.66. The fourth-order valence-electron chi connectivity index (χ4n) is 2.54. The molecule has 1 N–H and O–H groups in total. The molecule has 0 atom stereocenters. The Balaban J connectivity index is 1.84. The number of nitrogens with one attached hydrogen (secondary N) is 1. The van der Waals surface area contributed by atoms with Gasteiger partial charge in [-0.15, -0.1) is 0 Å². The Morgan fingerprint density at radius 3 is 2.61 bits per heavy atom. The van der Waals surface area contributed by atoms with Gasteiger partial charge < -0.3 is 9.47 Å². The Morgan fingerprint density at radius 1 is 1.14 bits per heavy atom. The molecule has 1 aromatic heterocycles. The van der Waals surface area contributed by atoms with Crippen molar-refractivity contribution in [3.63, 3.8) is 0 Å². The third-order valence-electron chi connectivity index (χ3n) is 3.86. The molecule has 28 heavy (non-hydrogen) atoms. The fourth-order valence-corrected chi connectivity index (χ4v) is 2.72. The van der Waals surface area contributed by atoms with Gasteiger partial charge in [0.05, 0.1) is 25.0 Å². The van der Waals surface area contributed by atoms with Crippen LogP contribution in [-0.4, -0.2) is 34.3 Å². The van der Waals surface area contributed by atoms with Crippen LogP contribution in [0.25, 0.3) is 11.4 Å². The number of ether oxygens (including phenoxy) is 2. The highest BCUT2D eigenvalue weighted by atomic mass is 32.1. The van der Waals surface area contributed by atoms with Gasteiger partial charge in [0, 0.05) is 0 Å². The fraction of sp³-hybridized carbons (Fsp3) is 0.286. The molecule has 6 nitrogen and oxygen atoms in total. The summed E-state index contributed by atoms with van der Waals surface area (Å²) in [6.07, 6.45) is 1.74. The Hall–Kier alpha value is -2.93. The summed E-state index contributed by atoms with van der Waals surface area (Å²) < 4.78 is 13.4. The summed E-state index contributed by atoms with van der Waals surface area (Å²) in [6.45, 7) is 7.45. The number of aromatic nitrogens is 3. The Morgan fingerprint density at radius 2 is 1.89 bits per heavy atom. The average Bonchev–Trinajstić information content (AvgIpc) is 3.06. The quantitative estimate of drug-likeness (QED) is 0.433. The van der Waals surface area contributed by atoms with E-state index in [1.807, 2.05) is 55.5 Å². The summed E-state index contributed by atoms with van der Waals surface area (Å²) in [6, 6.07) is 15.5. The molecule has 0 aliphatic heterocycles. The van der Waals surface area contributed by atoms with Crippen LogP contribution in [0.15, 0.2) is 53.6 Å². The number of aromatic amines is 1. The molecule has 0 unspecified atom stereocenters. The van der Waals surface area contributed by atoms with Crippen LogP contribution >= 0.6 is 12.2 Å². The minimum atomic E-state index is 0.412. The first kappa shape index (κ1) is 19.8. The lowest BCUT2D eigenvalue weighted by Gasteiger charge is -2.09. The summed E-state index contributed by atoms with van der Waals surface area (Å²) in [7, 11) is 0. The molecule has 7 heteroatoms. The molecular formula is C21H24N4O2S. The number of H-pyrrole nitrogens is 1. The zero-order valence-electron chi connectivity index (χ0n) is 16.3. The van der Waals surface area contributed by atoms with Crippen LogP contribution in [0.5, 0.6) is 11.5 Å². The predicted molar refractivity (Wildman–Crippen MR) is 114 cm³/mol. The van der Waals surface area contributed by atoms with E-state index in [4.69, 9.17) is 21.7 Å². The Labute approximate surface area is 169 Å². The normalized spacial score (nSPS) is 11.3. The van der Waals surface area contributed by atoms with Gasteiger partial charge in [-0.25, -0.2) is 5.10 Å². The molecule has 0 saturated carbocycles. The van der Waals surface area contributed by atoms with Crippen molar-refractivity contribution in [2.24, 2.45) is 11.0 Å².